The number of aromatic nitrogens is 2. The van der Waals surface area contributed by atoms with Crippen LogP contribution in [0, 0.1) is 0 Å². The van der Waals surface area contributed by atoms with Crippen LogP contribution in [0.25, 0.3) is 0 Å². The summed E-state index contributed by atoms with van der Waals surface area (Å²) in [7, 11) is 2.23. The van der Waals surface area contributed by atoms with Crippen LogP contribution in [0.2, 0.25) is 0 Å². The Balaban J connectivity index is 1.70. The maximum atomic E-state index is 5.55. The van der Waals surface area contributed by atoms with Gasteiger partial charge in [0.05, 0.1) is 5.75 Å². The Labute approximate surface area is 117 Å². The van der Waals surface area contributed by atoms with Gasteiger partial charge in [0, 0.05) is 11.8 Å². The lowest BCUT2D eigenvalue weighted by atomic mass is 10.0. The Bertz CT molecular complexity index is 359. The molecule has 2 rings (SSSR count). The smallest absolute Gasteiger partial charge is 0.276 e. The van der Waals surface area contributed by atoms with Gasteiger partial charge in [-0.15, -0.1) is 10.2 Å². The maximum Gasteiger partial charge on any atom is 0.276 e. The van der Waals surface area contributed by atoms with Crippen LogP contribution in [0.1, 0.15) is 31.6 Å². The van der Waals surface area contributed by atoms with Crippen molar-refractivity contribution in [2.75, 3.05) is 25.6 Å². The van der Waals surface area contributed by atoms with E-state index in [-0.39, 0.29) is 0 Å². The van der Waals surface area contributed by atoms with Gasteiger partial charge in [0.1, 0.15) is 0 Å². The third-order valence-electron chi connectivity index (χ3n) is 3.31. The summed E-state index contributed by atoms with van der Waals surface area (Å²) in [6.07, 6.45) is 7.30. The van der Waals surface area contributed by atoms with Gasteiger partial charge in [-0.05, 0) is 39.1 Å². The minimum atomic E-state index is 0.720. The van der Waals surface area contributed by atoms with Gasteiger partial charge in [-0.25, -0.2) is 0 Å². The number of likely N-dealkylation sites (tertiary alicyclic amines) is 1. The van der Waals surface area contributed by atoms with Gasteiger partial charge < -0.3 is 9.32 Å². The number of piperidine rings is 1. The van der Waals surface area contributed by atoms with E-state index in [1.54, 1.807) is 23.5 Å². The van der Waals surface area contributed by atoms with E-state index in [9.17, 15) is 0 Å². The first-order chi connectivity index (χ1) is 8.79. The minimum Gasteiger partial charge on any atom is -0.415 e. The van der Waals surface area contributed by atoms with Crippen molar-refractivity contribution < 1.29 is 4.42 Å². The number of hydrogen-bond donors (Lipinski definition) is 0. The lowest BCUT2D eigenvalue weighted by Crippen LogP contribution is -2.36. The topological polar surface area (TPSA) is 42.2 Å². The zero-order chi connectivity index (χ0) is 12.8. The molecule has 4 nitrogen and oxygen atoms in total. The standard InChI is InChI=1S/C12H21N3OS2/c1-15-7-4-3-5-10(15)6-8-18-12-14-13-11(16-12)9-17-2/h10H,3-9H2,1-2H3. The van der Waals surface area contributed by atoms with E-state index in [2.05, 4.69) is 22.1 Å². The van der Waals surface area contributed by atoms with Crippen LogP contribution < -0.4 is 0 Å². The van der Waals surface area contributed by atoms with Crippen LogP contribution in [0.3, 0.4) is 0 Å². The molecule has 0 aromatic carbocycles. The average Bonchev–Trinajstić information content (AvgIpc) is 2.80. The van der Waals surface area contributed by atoms with Crippen molar-refractivity contribution in [3.63, 3.8) is 0 Å². The van der Waals surface area contributed by atoms with Crippen molar-refractivity contribution in [1.29, 1.82) is 0 Å². The first kappa shape index (κ1) is 14.2. The molecule has 1 aromatic heterocycles. The number of hydrogen-bond acceptors (Lipinski definition) is 6. The largest absolute Gasteiger partial charge is 0.415 e. The summed E-state index contributed by atoms with van der Waals surface area (Å²) >= 11 is 3.39. The molecular formula is C12H21N3OS2. The lowest BCUT2D eigenvalue weighted by Gasteiger charge is -2.32. The predicted octanol–water partition coefficient (Wildman–Crippen LogP) is 2.90. The Morgan fingerprint density at radius 2 is 2.28 bits per heavy atom. The van der Waals surface area contributed by atoms with E-state index in [1.165, 1.54) is 32.2 Å². The van der Waals surface area contributed by atoms with Crippen LogP contribution >= 0.6 is 23.5 Å². The van der Waals surface area contributed by atoms with Crippen molar-refractivity contribution in [2.24, 2.45) is 0 Å². The van der Waals surface area contributed by atoms with Gasteiger partial charge in [-0.1, -0.05) is 18.2 Å². The highest BCUT2D eigenvalue weighted by Gasteiger charge is 2.18. The average molecular weight is 287 g/mol. The van der Waals surface area contributed by atoms with Crippen LogP contribution in [-0.2, 0) is 5.75 Å². The van der Waals surface area contributed by atoms with Gasteiger partial charge in [-0.3, -0.25) is 0 Å². The Morgan fingerprint density at radius 1 is 1.39 bits per heavy atom. The summed E-state index contributed by atoms with van der Waals surface area (Å²) in [5, 5.41) is 8.79. The van der Waals surface area contributed by atoms with Crippen molar-refractivity contribution in [1.82, 2.24) is 15.1 Å². The van der Waals surface area contributed by atoms with E-state index in [1.807, 2.05) is 6.26 Å². The molecule has 2 heterocycles. The second-order valence-electron chi connectivity index (χ2n) is 4.66. The molecule has 1 aliphatic heterocycles. The Morgan fingerprint density at radius 3 is 3.06 bits per heavy atom. The second kappa shape index (κ2) is 7.40. The number of thioether (sulfide) groups is 2. The van der Waals surface area contributed by atoms with Crippen LogP contribution in [-0.4, -0.2) is 46.7 Å². The van der Waals surface area contributed by atoms with Crippen LogP contribution in [0.5, 0.6) is 0 Å². The summed E-state index contributed by atoms with van der Waals surface area (Å²) in [6, 6.07) is 0.736. The molecule has 102 valence electrons. The van der Waals surface area contributed by atoms with Crippen molar-refractivity contribution >= 4 is 23.5 Å². The Hall–Kier alpha value is -0.200. The highest BCUT2D eigenvalue weighted by atomic mass is 32.2. The van der Waals surface area contributed by atoms with Crippen molar-refractivity contribution in [2.45, 2.75) is 42.7 Å². The molecule has 0 radical (unpaired) electrons. The van der Waals surface area contributed by atoms with E-state index in [0.29, 0.717) is 0 Å². The summed E-state index contributed by atoms with van der Waals surface area (Å²) < 4.78 is 5.55. The highest BCUT2D eigenvalue weighted by molar-refractivity contribution is 7.99. The molecule has 18 heavy (non-hydrogen) atoms. The fourth-order valence-corrected chi connectivity index (χ4v) is 3.45. The highest BCUT2D eigenvalue weighted by Crippen LogP contribution is 2.23. The van der Waals surface area contributed by atoms with E-state index in [0.717, 1.165) is 28.7 Å². The molecule has 1 atom stereocenters. The molecule has 6 heteroatoms. The fraction of sp³-hybridized carbons (Fsp3) is 0.833. The summed E-state index contributed by atoms with van der Waals surface area (Å²) in [5.41, 5.74) is 0. The van der Waals surface area contributed by atoms with Gasteiger partial charge in [0.2, 0.25) is 5.89 Å². The molecule has 0 saturated carbocycles. The predicted molar refractivity (Wildman–Crippen MR) is 77.1 cm³/mol. The first-order valence-corrected chi connectivity index (χ1v) is 8.82. The molecule has 0 spiro atoms. The molecule has 1 aliphatic rings. The first-order valence-electron chi connectivity index (χ1n) is 6.44. The quantitative estimate of drug-likeness (QED) is 0.749. The fourth-order valence-electron chi connectivity index (χ4n) is 2.27. The molecule has 1 fully saturated rings. The zero-order valence-corrected chi connectivity index (χ0v) is 12.7. The van der Waals surface area contributed by atoms with Crippen LogP contribution in [0.4, 0.5) is 0 Å². The SMILES string of the molecule is CSCc1nnc(SCCC2CCCCN2C)o1. The van der Waals surface area contributed by atoms with Gasteiger partial charge in [0.25, 0.3) is 5.22 Å². The lowest BCUT2D eigenvalue weighted by molar-refractivity contribution is 0.182. The van der Waals surface area contributed by atoms with E-state index >= 15 is 0 Å². The normalized spacial score (nSPS) is 21.3. The van der Waals surface area contributed by atoms with Gasteiger partial charge in [-0.2, -0.15) is 11.8 Å². The summed E-state index contributed by atoms with van der Waals surface area (Å²) in [4.78, 5) is 2.48. The monoisotopic (exact) mass is 287 g/mol. The molecule has 1 saturated heterocycles. The van der Waals surface area contributed by atoms with E-state index in [4.69, 9.17) is 4.42 Å². The molecule has 0 amide bonds. The summed E-state index contributed by atoms with van der Waals surface area (Å²) in [6.45, 7) is 1.24. The molecule has 1 aromatic rings. The van der Waals surface area contributed by atoms with Gasteiger partial charge >= 0.3 is 0 Å². The molecule has 0 N–H and O–H groups in total. The Kier molecular flexibility index (Phi) is 5.85. The molecular weight excluding hydrogens is 266 g/mol. The number of nitrogens with zero attached hydrogens (tertiary/aromatic N) is 3. The molecule has 0 aliphatic carbocycles. The summed E-state index contributed by atoms with van der Waals surface area (Å²) in [5.74, 6) is 2.61. The van der Waals surface area contributed by atoms with Crippen molar-refractivity contribution in [3.8, 4) is 0 Å². The number of rotatable bonds is 6. The van der Waals surface area contributed by atoms with Gasteiger partial charge in [0.15, 0.2) is 0 Å². The van der Waals surface area contributed by atoms with E-state index < -0.39 is 0 Å². The maximum absolute atomic E-state index is 5.55. The van der Waals surface area contributed by atoms with Crippen LogP contribution in [0.15, 0.2) is 9.64 Å². The van der Waals surface area contributed by atoms with Crippen molar-refractivity contribution in [3.05, 3.63) is 5.89 Å². The third-order valence-corrected chi connectivity index (χ3v) is 4.70. The molecule has 1 unspecified atom stereocenters. The molecule has 0 bridgehead atoms. The third kappa shape index (κ3) is 4.17. The minimum absolute atomic E-state index is 0.720. The zero-order valence-electron chi connectivity index (χ0n) is 11.1. The second-order valence-corrected chi connectivity index (χ2v) is 6.57.